The topological polar surface area (TPSA) is 26.0 Å². The zero-order valence-electron chi connectivity index (χ0n) is 14.7. The van der Waals surface area contributed by atoms with Crippen molar-refractivity contribution in [3.05, 3.63) is 103 Å². The van der Waals surface area contributed by atoms with E-state index in [4.69, 9.17) is 4.42 Å². The molecule has 2 heteroatoms. The van der Waals surface area contributed by atoms with Gasteiger partial charge < -0.3 is 4.42 Å². The van der Waals surface area contributed by atoms with Crippen LogP contribution in [0.25, 0.3) is 44.8 Å². The Hall–Kier alpha value is -3.65. The van der Waals surface area contributed by atoms with Crippen LogP contribution in [0.5, 0.6) is 0 Å². The average Bonchev–Trinajstić information content (AvgIpc) is 3.19. The molecule has 0 aliphatic heterocycles. The first-order chi connectivity index (χ1) is 13.4. The average molecular weight is 347 g/mol. The first-order valence-electron chi connectivity index (χ1n) is 8.99. The minimum atomic E-state index is 0.645. The van der Waals surface area contributed by atoms with Gasteiger partial charge in [0.25, 0.3) is 0 Å². The van der Waals surface area contributed by atoms with Gasteiger partial charge in [0.15, 0.2) is 5.58 Å². The molecular weight excluding hydrogens is 330 g/mol. The molecule has 5 rings (SSSR count). The van der Waals surface area contributed by atoms with E-state index >= 15 is 0 Å². The summed E-state index contributed by atoms with van der Waals surface area (Å²) in [6.45, 7) is 0. The summed E-state index contributed by atoms with van der Waals surface area (Å²) in [5.41, 5.74) is 7.30. The van der Waals surface area contributed by atoms with E-state index in [2.05, 4.69) is 71.7 Å². The first kappa shape index (κ1) is 15.6. The van der Waals surface area contributed by atoms with Crippen molar-refractivity contribution in [3.63, 3.8) is 0 Å². The lowest BCUT2D eigenvalue weighted by Gasteiger charge is -2.09. The summed E-state index contributed by atoms with van der Waals surface area (Å²) < 4.78 is 6.02. The Kier molecular flexibility index (Phi) is 3.80. The van der Waals surface area contributed by atoms with Crippen molar-refractivity contribution in [1.82, 2.24) is 4.98 Å². The molecule has 1 aromatic heterocycles. The Morgan fingerprint density at radius 3 is 1.59 bits per heavy atom. The molecule has 0 spiro atoms. The fourth-order valence-corrected chi connectivity index (χ4v) is 3.34. The molecule has 0 fully saturated rings. The van der Waals surface area contributed by atoms with Gasteiger partial charge in [-0.3, -0.25) is 0 Å². The maximum atomic E-state index is 6.02. The number of fused-ring (bicyclic) bond motifs is 1. The minimum absolute atomic E-state index is 0.645. The van der Waals surface area contributed by atoms with Crippen LogP contribution in [0.4, 0.5) is 0 Å². The molecule has 0 atom stereocenters. The Labute approximate surface area is 157 Å². The van der Waals surface area contributed by atoms with Crippen molar-refractivity contribution in [1.29, 1.82) is 0 Å². The molecule has 0 amide bonds. The van der Waals surface area contributed by atoms with Crippen LogP contribution < -0.4 is 0 Å². The molecule has 0 radical (unpaired) electrons. The largest absolute Gasteiger partial charge is 0.436 e. The molecule has 0 bridgehead atoms. The number of nitrogens with zero attached hydrogens (tertiary/aromatic N) is 1. The molecule has 2 nitrogen and oxygen atoms in total. The van der Waals surface area contributed by atoms with E-state index < -0.39 is 0 Å². The molecule has 0 saturated carbocycles. The Morgan fingerprint density at radius 1 is 0.481 bits per heavy atom. The number of hydrogen-bond donors (Lipinski definition) is 0. The first-order valence-corrected chi connectivity index (χ1v) is 8.99. The number of benzene rings is 4. The highest BCUT2D eigenvalue weighted by molar-refractivity contribution is 5.81. The van der Waals surface area contributed by atoms with E-state index in [0.717, 1.165) is 27.8 Å². The second-order valence-electron chi connectivity index (χ2n) is 6.52. The van der Waals surface area contributed by atoms with Crippen LogP contribution in [0.2, 0.25) is 0 Å². The fraction of sp³-hybridized carbons (Fsp3) is 0. The second kappa shape index (κ2) is 6.58. The maximum absolute atomic E-state index is 6.02. The highest BCUT2D eigenvalue weighted by atomic mass is 16.3. The zero-order chi connectivity index (χ0) is 18.1. The van der Waals surface area contributed by atoms with E-state index in [1.165, 1.54) is 11.1 Å². The number of oxazole rings is 1. The molecule has 0 aliphatic rings. The SMILES string of the molecule is c1ccc(-c2cc(-c3ccccc3)cc(-c3nc4ccccc4o3)c2)cc1. The van der Waals surface area contributed by atoms with Crippen LogP contribution in [0.1, 0.15) is 0 Å². The molecular formula is C25H17NO. The van der Waals surface area contributed by atoms with Gasteiger partial charge in [0, 0.05) is 5.56 Å². The van der Waals surface area contributed by atoms with Crippen molar-refractivity contribution >= 4 is 11.1 Å². The van der Waals surface area contributed by atoms with Crippen molar-refractivity contribution < 1.29 is 4.42 Å². The third-order valence-electron chi connectivity index (χ3n) is 4.69. The quantitative estimate of drug-likeness (QED) is 0.357. The van der Waals surface area contributed by atoms with Gasteiger partial charge in [-0.2, -0.15) is 0 Å². The van der Waals surface area contributed by atoms with E-state index in [0.29, 0.717) is 5.89 Å². The number of hydrogen-bond acceptors (Lipinski definition) is 2. The predicted molar refractivity (Wildman–Crippen MR) is 110 cm³/mol. The molecule has 4 aromatic carbocycles. The molecule has 0 N–H and O–H groups in total. The monoisotopic (exact) mass is 347 g/mol. The van der Waals surface area contributed by atoms with Crippen LogP contribution in [-0.2, 0) is 0 Å². The van der Waals surface area contributed by atoms with E-state index in [-0.39, 0.29) is 0 Å². The summed E-state index contributed by atoms with van der Waals surface area (Å²) in [5, 5.41) is 0. The molecule has 27 heavy (non-hydrogen) atoms. The lowest BCUT2D eigenvalue weighted by Crippen LogP contribution is -1.86. The Balaban J connectivity index is 1.72. The van der Waals surface area contributed by atoms with Gasteiger partial charge in [0.05, 0.1) is 0 Å². The smallest absolute Gasteiger partial charge is 0.227 e. The van der Waals surface area contributed by atoms with Gasteiger partial charge in [-0.25, -0.2) is 4.98 Å². The molecule has 0 saturated heterocycles. The van der Waals surface area contributed by atoms with Crippen LogP contribution >= 0.6 is 0 Å². The lowest BCUT2D eigenvalue weighted by atomic mass is 9.96. The van der Waals surface area contributed by atoms with Crippen molar-refractivity contribution in [3.8, 4) is 33.7 Å². The van der Waals surface area contributed by atoms with E-state index in [9.17, 15) is 0 Å². The highest BCUT2D eigenvalue weighted by Crippen LogP contribution is 2.33. The maximum Gasteiger partial charge on any atom is 0.227 e. The summed E-state index contributed by atoms with van der Waals surface area (Å²) in [5.74, 6) is 0.645. The second-order valence-corrected chi connectivity index (χ2v) is 6.52. The van der Waals surface area contributed by atoms with Gasteiger partial charge in [-0.15, -0.1) is 0 Å². The van der Waals surface area contributed by atoms with Gasteiger partial charge in [0.1, 0.15) is 5.52 Å². The number of rotatable bonds is 3. The summed E-state index contributed by atoms with van der Waals surface area (Å²) in [4.78, 5) is 4.69. The Morgan fingerprint density at radius 2 is 1.00 bits per heavy atom. The normalized spacial score (nSPS) is 11.0. The highest BCUT2D eigenvalue weighted by Gasteiger charge is 2.12. The van der Waals surface area contributed by atoms with Crippen molar-refractivity contribution in [2.24, 2.45) is 0 Å². The third kappa shape index (κ3) is 3.02. The van der Waals surface area contributed by atoms with Crippen LogP contribution in [0, 0.1) is 0 Å². The van der Waals surface area contributed by atoms with E-state index in [1.807, 2.05) is 36.4 Å². The van der Waals surface area contributed by atoms with Gasteiger partial charge in [-0.05, 0) is 52.6 Å². The molecule has 0 aliphatic carbocycles. The van der Waals surface area contributed by atoms with Crippen molar-refractivity contribution in [2.45, 2.75) is 0 Å². The van der Waals surface area contributed by atoms with Crippen LogP contribution in [0.3, 0.4) is 0 Å². The number of aromatic nitrogens is 1. The summed E-state index contributed by atoms with van der Waals surface area (Å²) in [7, 11) is 0. The zero-order valence-corrected chi connectivity index (χ0v) is 14.7. The molecule has 5 aromatic rings. The van der Waals surface area contributed by atoms with Gasteiger partial charge in [0.2, 0.25) is 5.89 Å². The number of para-hydroxylation sites is 2. The molecule has 128 valence electrons. The Bertz CT molecular complexity index is 1120. The third-order valence-corrected chi connectivity index (χ3v) is 4.69. The summed E-state index contributed by atoms with van der Waals surface area (Å²) in [6, 6.07) is 35.2. The van der Waals surface area contributed by atoms with Crippen LogP contribution in [-0.4, -0.2) is 4.98 Å². The minimum Gasteiger partial charge on any atom is -0.436 e. The predicted octanol–water partition coefficient (Wildman–Crippen LogP) is 6.83. The standard InChI is InChI=1S/C25H17NO/c1-3-9-18(10-4-1)20-15-21(19-11-5-2-6-12-19)17-22(16-20)25-26-23-13-7-8-14-24(23)27-25/h1-17H. The van der Waals surface area contributed by atoms with Gasteiger partial charge >= 0.3 is 0 Å². The molecule has 0 unspecified atom stereocenters. The molecule has 1 heterocycles. The van der Waals surface area contributed by atoms with E-state index in [1.54, 1.807) is 0 Å². The summed E-state index contributed by atoms with van der Waals surface area (Å²) >= 11 is 0. The van der Waals surface area contributed by atoms with Crippen LogP contribution in [0.15, 0.2) is 108 Å². The van der Waals surface area contributed by atoms with Gasteiger partial charge in [-0.1, -0.05) is 72.8 Å². The van der Waals surface area contributed by atoms with Crippen molar-refractivity contribution in [2.75, 3.05) is 0 Å². The lowest BCUT2D eigenvalue weighted by molar-refractivity contribution is 0.620. The summed E-state index contributed by atoms with van der Waals surface area (Å²) in [6.07, 6.45) is 0. The fourth-order valence-electron chi connectivity index (χ4n) is 3.34.